The minimum Gasteiger partial charge on any atom is -0.332 e. The van der Waals surface area contributed by atoms with Crippen molar-refractivity contribution in [3.63, 3.8) is 0 Å². The highest BCUT2D eigenvalue weighted by Gasteiger charge is 2.04. The van der Waals surface area contributed by atoms with Crippen LogP contribution in [0.25, 0.3) is 0 Å². The van der Waals surface area contributed by atoms with Gasteiger partial charge >= 0.3 is 0 Å². The number of carbonyl (C=O) groups excluding carboxylic acids is 1. The third-order valence-corrected chi connectivity index (χ3v) is 2.29. The van der Waals surface area contributed by atoms with Gasteiger partial charge in [-0.15, -0.1) is 0 Å². The number of non-ortho nitro benzene ring substituents is 1. The Bertz CT molecular complexity index is 545. The maximum atomic E-state index is 10.5. The van der Waals surface area contributed by atoms with Crippen LogP contribution in [0.2, 0.25) is 0 Å². The molecule has 0 N–H and O–H groups in total. The number of benzene rings is 1. The Balaban J connectivity index is 2.13. The monoisotopic (exact) mass is 231 g/mol. The van der Waals surface area contributed by atoms with Gasteiger partial charge in [0.2, 0.25) is 0 Å². The number of nitrogens with zero attached hydrogens (tertiary/aromatic N) is 3. The standard InChI is InChI=1S/C11H9N3O3/c15-7-10-6-13(8-12-10)5-9-1-3-11(4-2-9)14(16)17/h1-4,6-8H,5H2. The van der Waals surface area contributed by atoms with Crippen molar-refractivity contribution in [1.29, 1.82) is 0 Å². The number of hydrogen-bond acceptors (Lipinski definition) is 4. The molecule has 0 unspecified atom stereocenters. The van der Waals surface area contributed by atoms with E-state index in [1.165, 1.54) is 12.1 Å². The first-order valence-electron chi connectivity index (χ1n) is 4.89. The molecular formula is C11H9N3O3. The van der Waals surface area contributed by atoms with Gasteiger partial charge in [-0.1, -0.05) is 12.1 Å². The fourth-order valence-electron chi connectivity index (χ4n) is 1.46. The Morgan fingerprint density at radius 1 is 1.35 bits per heavy atom. The lowest BCUT2D eigenvalue weighted by Crippen LogP contribution is -1.96. The number of rotatable bonds is 4. The first-order chi connectivity index (χ1) is 8.19. The SMILES string of the molecule is O=Cc1cn(Cc2ccc([N+](=O)[O-])cc2)cn1. The van der Waals surface area contributed by atoms with E-state index in [4.69, 9.17) is 0 Å². The summed E-state index contributed by atoms with van der Waals surface area (Å²) in [6.45, 7) is 0.527. The highest BCUT2D eigenvalue weighted by atomic mass is 16.6. The topological polar surface area (TPSA) is 78.0 Å². The first kappa shape index (κ1) is 11.0. The summed E-state index contributed by atoms with van der Waals surface area (Å²) in [5.41, 5.74) is 1.34. The fourth-order valence-corrected chi connectivity index (χ4v) is 1.46. The third-order valence-electron chi connectivity index (χ3n) is 2.29. The highest BCUT2D eigenvalue weighted by molar-refractivity contribution is 5.70. The summed E-state index contributed by atoms with van der Waals surface area (Å²) in [6.07, 6.45) is 3.84. The van der Waals surface area contributed by atoms with Gasteiger partial charge < -0.3 is 4.57 Å². The lowest BCUT2D eigenvalue weighted by atomic mass is 10.2. The lowest BCUT2D eigenvalue weighted by molar-refractivity contribution is -0.384. The lowest BCUT2D eigenvalue weighted by Gasteiger charge is -2.01. The van der Waals surface area contributed by atoms with Crippen LogP contribution >= 0.6 is 0 Å². The van der Waals surface area contributed by atoms with Crippen LogP contribution in [-0.2, 0) is 6.54 Å². The molecule has 2 rings (SSSR count). The Kier molecular flexibility index (Phi) is 2.95. The number of hydrogen-bond donors (Lipinski definition) is 0. The zero-order valence-electron chi connectivity index (χ0n) is 8.81. The predicted molar refractivity (Wildman–Crippen MR) is 59.8 cm³/mol. The molecule has 86 valence electrons. The number of imidazole rings is 1. The number of aromatic nitrogens is 2. The average Bonchev–Trinajstić information content (AvgIpc) is 2.77. The molecule has 2 aromatic rings. The molecule has 1 heterocycles. The van der Waals surface area contributed by atoms with Crippen molar-refractivity contribution < 1.29 is 9.72 Å². The van der Waals surface area contributed by atoms with Gasteiger partial charge in [0.05, 0.1) is 11.3 Å². The van der Waals surface area contributed by atoms with Gasteiger partial charge in [-0.2, -0.15) is 0 Å². The van der Waals surface area contributed by atoms with E-state index in [0.717, 1.165) is 5.56 Å². The molecule has 1 aromatic carbocycles. The summed E-state index contributed by atoms with van der Waals surface area (Å²) in [4.78, 5) is 24.3. The molecular weight excluding hydrogens is 222 g/mol. The van der Waals surface area contributed by atoms with E-state index in [0.29, 0.717) is 18.5 Å². The summed E-state index contributed by atoms with van der Waals surface area (Å²) in [5, 5.41) is 10.5. The summed E-state index contributed by atoms with van der Waals surface area (Å²) in [7, 11) is 0. The molecule has 0 spiro atoms. The molecule has 1 aromatic heterocycles. The van der Waals surface area contributed by atoms with Gasteiger partial charge in [-0.05, 0) is 5.56 Å². The smallest absolute Gasteiger partial charge is 0.269 e. The summed E-state index contributed by atoms with van der Waals surface area (Å²) >= 11 is 0. The van der Waals surface area contributed by atoms with Crippen LogP contribution in [0.15, 0.2) is 36.8 Å². The maximum absolute atomic E-state index is 10.5. The normalized spacial score (nSPS) is 10.1. The van der Waals surface area contributed by atoms with Gasteiger partial charge in [-0.25, -0.2) is 4.98 Å². The van der Waals surface area contributed by atoms with Crippen LogP contribution in [0.1, 0.15) is 16.1 Å². The molecule has 0 aliphatic carbocycles. The number of carbonyl (C=O) groups is 1. The molecule has 0 saturated carbocycles. The second kappa shape index (κ2) is 4.56. The third kappa shape index (κ3) is 2.54. The van der Waals surface area contributed by atoms with Gasteiger partial charge in [-0.3, -0.25) is 14.9 Å². The fraction of sp³-hybridized carbons (Fsp3) is 0.0909. The molecule has 6 heteroatoms. The van der Waals surface area contributed by atoms with E-state index in [2.05, 4.69) is 4.98 Å². The van der Waals surface area contributed by atoms with E-state index in [9.17, 15) is 14.9 Å². The molecule has 0 bridgehead atoms. The first-order valence-corrected chi connectivity index (χ1v) is 4.89. The second-order valence-corrected chi connectivity index (χ2v) is 3.51. The zero-order chi connectivity index (χ0) is 12.3. The minimum atomic E-state index is -0.439. The van der Waals surface area contributed by atoms with Gasteiger partial charge in [0.15, 0.2) is 6.29 Å². The Morgan fingerprint density at radius 2 is 2.06 bits per heavy atom. The quantitative estimate of drug-likeness (QED) is 0.455. The molecule has 0 amide bonds. The van der Waals surface area contributed by atoms with Crippen LogP contribution in [0.5, 0.6) is 0 Å². The van der Waals surface area contributed by atoms with Crippen molar-refractivity contribution in [3.05, 3.63) is 58.2 Å². The largest absolute Gasteiger partial charge is 0.332 e. The van der Waals surface area contributed by atoms with Crippen LogP contribution < -0.4 is 0 Å². The molecule has 0 radical (unpaired) electrons. The van der Waals surface area contributed by atoms with Crippen LogP contribution in [-0.4, -0.2) is 20.8 Å². The van der Waals surface area contributed by atoms with Crippen molar-refractivity contribution in [2.45, 2.75) is 6.54 Å². The van der Waals surface area contributed by atoms with Crippen molar-refractivity contribution >= 4 is 12.0 Å². The van der Waals surface area contributed by atoms with Crippen molar-refractivity contribution in [2.75, 3.05) is 0 Å². The molecule has 0 fully saturated rings. The van der Waals surface area contributed by atoms with Gasteiger partial charge in [0.1, 0.15) is 5.69 Å². The summed E-state index contributed by atoms with van der Waals surface area (Å²) < 4.78 is 1.74. The Hall–Kier alpha value is -2.50. The van der Waals surface area contributed by atoms with E-state index < -0.39 is 4.92 Å². The van der Waals surface area contributed by atoms with E-state index >= 15 is 0 Å². The number of aldehydes is 1. The summed E-state index contributed by atoms with van der Waals surface area (Å²) in [6, 6.07) is 6.26. The molecule has 0 saturated heterocycles. The molecule has 0 atom stereocenters. The minimum absolute atomic E-state index is 0.0629. The van der Waals surface area contributed by atoms with Crippen molar-refractivity contribution in [1.82, 2.24) is 9.55 Å². The Labute approximate surface area is 96.7 Å². The molecule has 0 aliphatic rings. The predicted octanol–water partition coefficient (Wildman–Crippen LogP) is 1.65. The van der Waals surface area contributed by atoms with Crippen molar-refractivity contribution in [2.24, 2.45) is 0 Å². The van der Waals surface area contributed by atoms with E-state index in [-0.39, 0.29) is 5.69 Å². The van der Waals surface area contributed by atoms with E-state index in [1.54, 1.807) is 29.2 Å². The molecule has 6 nitrogen and oxygen atoms in total. The molecule has 17 heavy (non-hydrogen) atoms. The molecule has 0 aliphatic heterocycles. The highest BCUT2D eigenvalue weighted by Crippen LogP contribution is 2.12. The number of nitro groups is 1. The van der Waals surface area contributed by atoms with Crippen LogP contribution in [0, 0.1) is 10.1 Å². The van der Waals surface area contributed by atoms with Crippen LogP contribution in [0.4, 0.5) is 5.69 Å². The maximum Gasteiger partial charge on any atom is 0.269 e. The van der Waals surface area contributed by atoms with E-state index in [1.807, 2.05) is 0 Å². The van der Waals surface area contributed by atoms with Crippen molar-refractivity contribution in [3.8, 4) is 0 Å². The summed E-state index contributed by atoms with van der Waals surface area (Å²) in [5.74, 6) is 0. The second-order valence-electron chi connectivity index (χ2n) is 3.51. The van der Waals surface area contributed by atoms with Gasteiger partial charge in [0.25, 0.3) is 5.69 Å². The number of nitro benzene ring substituents is 1. The Morgan fingerprint density at radius 3 is 2.59 bits per heavy atom. The zero-order valence-corrected chi connectivity index (χ0v) is 8.81. The van der Waals surface area contributed by atoms with Crippen LogP contribution in [0.3, 0.4) is 0 Å². The average molecular weight is 231 g/mol. The van der Waals surface area contributed by atoms with Gasteiger partial charge in [0, 0.05) is 24.9 Å².